The predicted octanol–water partition coefficient (Wildman–Crippen LogP) is 5.31. The van der Waals surface area contributed by atoms with Gasteiger partial charge < -0.3 is 24.1 Å². The van der Waals surface area contributed by atoms with Gasteiger partial charge in [0.2, 0.25) is 0 Å². The lowest BCUT2D eigenvalue weighted by atomic mass is 10.0. The van der Waals surface area contributed by atoms with Crippen LogP contribution in [0.15, 0.2) is 89.5 Å². The van der Waals surface area contributed by atoms with Crippen molar-refractivity contribution in [1.82, 2.24) is 10.3 Å². The summed E-state index contributed by atoms with van der Waals surface area (Å²) in [6, 6.07) is 23.9. The Hall–Kier alpha value is -4.17. The highest BCUT2D eigenvalue weighted by Crippen LogP contribution is 2.45. The highest BCUT2D eigenvalue weighted by Gasteiger charge is 2.43. The van der Waals surface area contributed by atoms with Gasteiger partial charge in [-0.25, -0.2) is 4.79 Å². The van der Waals surface area contributed by atoms with Gasteiger partial charge in [0, 0.05) is 11.8 Å². The minimum Gasteiger partial charge on any atom is -0.495 e. The number of carbonyl (C=O) groups is 1. The number of rotatable bonds is 6. The summed E-state index contributed by atoms with van der Waals surface area (Å²) in [5, 5.41) is 3.97. The number of methoxy groups -OCH3 is 2. The lowest BCUT2D eigenvalue weighted by Crippen LogP contribution is -2.29. The molecule has 176 valence electrons. The van der Waals surface area contributed by atoms with E-state index in [4.69, 9.17) is 26.1 Å². The zero-order valence-corrected chi connectivity index (χ0v) is 20.0. The van der Waals surface area contributed by atoms with Crippen molar-refractivity contribution in [3.8, 4) is 17.1 Å². The van der Waals surface area contributed by atoms with Crippen molar-refractivity contribution in [2.75, 3.05) is 19.1 Å². The molecule has 0 saturated carbocycles. The molecule has 1 saturated heterocycles. The van der Waals surface area contributed by atoms with Crippen LogP contribution in [-0.4, -0.2) is 30.3 Å². The molecule has 0 spiro atoms. The number of pyridine rings is 1. The van der Waals surface area contributed by atoms with Crippen LogP contribution in [0.4, 0.5) is 5.69 Å². The van der Waals surface area contributed by atoms with Gasteiger partial charge in [-0.3, -0.25) is 4.98 Å². The van der Waals surface area contributed by atoms with Gasteiger partial charge in [0.25, 0.3) is 0 Å². The number of anilines is 1. The first kappa shape index (κ1) is 22.6. The molecule has 1 fully saturated rings. The van der Waals surface area contributed by atoms with Crippen molar-refractivity contribution in [3.63, 3.8) is 0 Å². The van der Waals surface area contributed by atoms with E-state index in [9.17, 15) is 4.79 Å². The van der Waals surface area contributed by atoms with Gasteiger partial charge >= 0.3 is 5.97 Å². The highest BCUT2D eigenvalue weighted by atomic mass is 32.1. The van der Waals surface area contributed by atoms with Gasteiger partial charge in [-0.1, -0.05) is 30.3 Å². The quantitative estimate of drug-likeness (QED) is 0.291. The molecule has 7 nitrogen and oxygen atoms in total. The smallest absolute Gasteiger partial charge is 0.337 e. The fourth-order valence-electron chi connectivity index (χ4n) is 4.29. The minimum atomic E-state index is -0.382. The number of aromatic nitrogens is 1. The number of nitrogens with one attached hydrogen (secondary N) is 1. The van der Waals surface area contributed by atoms with E-state index < -0.39 is 0 Å². The van der Waals surface area contributed by atoms with E-state index in [2.05, 4.69) is 10.3 Å². The molecule has 0 bridgehead atoms. The largest absolute Gasteiger partial charge is 0.495 e. The summed E-state index contributed by atoms with van der Waals surface area (Å²) in [5.74, 6) is 1.71. The van der Waals surface area contributed by atoms with Gasteiger partial charge in [-0.15, -0.1) is 0 Å². The molecule has 4 aromatic rings. The molecule has 1 aliphatic heterocycles. The maximum Gasteiger partial charge on any atom is 0.337 e. The molecule has 0 amide bonds. The Morgan fingerprint density at radius 1 is 1.00 bits per heavy atom. The van der Waals surface area contributed by atoms with Crippen molar-refractivity contribution >= 4 is 29.0 Å². The van der Waals surface area contributed by atoms with E-state index in [0.717, 1.165) is 16.9 Å². The molecule has 2 aromatic carbocycles. The van der Waals surface area contributed by atoms with Crippen LogP contribution in [0, 0.1) is 0 Å². The van der Waals surface area contributed by atoms with E-state index in [-0.39, 0.29) is 18.1 Å². The number of thiocarbonyl (C=S) groups is 1. The number of para-hydroxylation sites is 2. The molecule has 8 heteroatoms. The van der Waals surface area contributed by atoms with Gasteiger partial charge in [0.15, 0.2) is 5.11 Å². The van der Waals surface area contributed by atoms with Crippen LogP contribution in [0.2, 0.25) is 0 Å². The number of hydrogen-bond donors (Lipinski definition) is 1. The molecule has 0 unspecified atom stereocenters. The van der Waals surface area contributed by atoms with Crippen molar-refractivity contribution < 1.29 is 18.7 Å². The van der Waals surface area contributed by atoms with Crippen LogP contribution < -0.4 is 15.0 Å². The maximum absolute atomic E-state index is 11.8. The summed E-state index contributed by atoms with van der Waals surface area (Å²) >= 11 is 5.78. The van der Waals surface area contributed by atoms with Crippen LogP contribution in [0.5, 0.6) is 5.75 Å². The van der Waals surface area contributed by atoms with E-state index in [1.807, 2.05) is 71.6 Å². The third-order valence-electron chi connectivity index (χ3n) is 5.95. The molecule has 0 aliphatic carbocycles. The van der Waals surface area contributed by atoms with Crippen LogP contribution in [0.25, 0.3) is 11.3 Å². The van der Waals surface area contributed by atoms with E-state index in [1.54, 1.807) is 25.4 Å². The highest BCUT2D eigenvalue weighted by molar-refractivity contribution is 7.80. The fourth-order valence-corrected chi connectivity index (χ4v) is 4.63. The summed E-state index contributed by atoms with van der Waals surface area (Å²) in [6.45, 7) is 0. The monoisotopic (exact) mass is 485 g/mol. The molecule has 2 aromatic heterocycles. The molecule has 0 radical (unpaired) electrons. The average Bonchev–Trinajstić information content (AvgIpc) is 3.53. The second-order valence-corrected chi connectivity index (χ2v) is 8.33. The predicted molar refractivity (Wildman–Crippen MR) is 136 cm³/mol. The Kier molecular flexibility index (Phi) is 6.20. The number of carbonyl (C=O) groups excluding carboxylic acids is 1. The van der Waals surface area contributed by atoms with Crippen molar-refractivity contribution in [1.29, 1.82) is 0 Å². The number of furan rings is 1. The summed E-state index contributed by atoms with van der Waals surface area (Å²) in [4.78, 5) is 18.4. The Bertz CT molecular complexity index is 1350. The maximum atomic E-state index is 11.8. The third-order valence-corrected chi connectivity index (χ3v) is 6.27. The van der Waals surface area contributed by atoms with Crippen molar-refractivity contribution in [2.24, 2.45) is 0 Å². The molecule has 35 heavy (non-hydrogen) atoms. The standard InChI is InChI=1S/C27H23N3O4S/c1-32-22-9-4-3-8-20(22)30-25(24(29-27(30)35)19-7-5-6-16-28-19)23-15-14-21(34-23)17-10-12-18(13-11-17)26(31)33-2/h3-16,24-25H,1-2H3,(H,29,35)/t24-,25-/m1/s1. The zero-order valence-electron chi connectivity index (χ0n) is 19.2. The third kappa shape index (κ3) is 4.24. The Labute approximate surface area is 208 Å². The fraction of sp³-hybridized carbons (Fsp3) is 0.148. The molecular weight excluding hydrogens is 462 g/mol. The molecule has 3 heterocycles. The second-order valence-electron chi connectivity index (χ2n) is 7.94. The van der Waals surface area contributed by atoms with E-state index in [0.29, 0.717) is 27.9 Å². The number of esters is 1. The Morgan fingerprint density at radius 3 is 2.49 bits per heavy atom. The lowest BCUT2D eigenvalue weighted by molar-refractivity contribution is 0.0600. The van der Waals surface area contributed by atoms with E-state index >= 15 is 0 Å². The Balaban J connectivity index is 1.56. The molecular formula is C27H23N3O4S. The summed E-state index contributed by atoms with van der Waals surface area (Å²) in [7, 11) is 3.00. The van der Waals surface area contributed by atoms with Gasteiger partial charge in [0.1, 0.15) is 23.3 Å². The Morgan fingerprint density at radius 2 is 1.77 bits per heavy atom. The lowest BCUT2D eigenvalue weighted by Gasteiger charge is -2.27. The zero-order chi connectivity index (χ0) is 24.4. The number of ether oxygens (including phenoxy) is 2. The average molecular weight is 486 g/mol. The molecule has 1 N–H and O–H groups in total. The number of hydrogen-bond acceptors (Lipinski definition) is 6. The summed E-state index contributed by atoms with van der Waals surface area (Å²) in [6.07, 6.45) is 1.76. The van der Waals surface area contributed by atoms with Crippen LogP contribution in [0.3, 0.4) is 0 Å². The minimum absolute atomic E-state index is 0.241. The van der Waals surface area contributed by atoms with Gasteiger partial charge in [0.05, 0.1) is 37.2 Å². The summed E-state index contributed by atoms with van der Waals surface area (Å²) in [5.41, 5.74) is 3.00. The molecule has 1 aliphatic rings. The first-order chi connectivity index (χ1) is 17.1. The normalized spacial score (nSPS) is 17.2. The first-order valence-electron chi connectivity index (χ1n) is 11.0. The SMILES string of the molecule is COC(=O)c1ccc(-c2ccc([C@@H]3[C@@H](c4ccccn4)NC(=S)N3c3ccccc3OC)o2)cc1. The van der Waals surface area contributed by atoms with Gasteiger partial charge in [-0.05, 0) is 60.7 Å². The van der Waals surface area contributed by atoms with Crippen molar-refractivity contribution in [3.05, 3.63) is 102 Å². The van der Waals surface area contributed by atoms with Crippen LogP contribution >= 0.6 is 12.2 Å². The van der Waals surface area contributed by atoms with Gasteiger partial charge in [-0.2, -0.15) is 0 Å². The second kappa shape index (κ2) is 9.60. The van der Waals surface area contributed by atoms with Crippen LogP contribution in [-0.2, 0) is 4.74 Å². The van der Waals surface area contributed by atoms with Crippen molar-refractivity contribution in [2.45, 2.75) is 12.1 Å². The van der Waals surface area contributed by atoms with Crippen LogP contribution in [0.1, 0.15) is 33.9 Å². The molecule has 2 atom stereocenters. The first-order valence-corrected chi connectivity index (χ1v) is 11.4. The van der Waals surface area contributed by atoms with E-state index in [1.165, 1.54) is 7.11 Å². The molecule has 5 rings (SSSR count). The number of benzene rings is 2. The summed E-state index contributed by atoms with van der Waals surface area (Å²) < 4.78 is 16.8. The topological polar surface area (TPSA) is 76.8 Å². The number of nitrogens with zero attached hydrogens (tertiary/aromatic N) is 2.